The second-order valence-electron chi connectivity index (χ2n) is 5.16. The first-order valence-electron chi connectivity index (χ1n) is 7.59. The van der Waals surface area contributed by atoms with Crippen LogP contribution in [0.1, 0.15) is 5.56 Å². The highest BCUT2D eigenvalue weighted by molar-refractivity contribution is 6.32. The van der Waals surface area contributed by atoms with Gasteiger partial charge in [-0.05, 0) is 12.1 Å². The summed E-state index contributed by atoms with van der Waals surface area (Å²) in [5.41, 5.74) is 5.09. The van der Waals surface area contributed by atoms with Crippen molar-refractivity contribution in [2.45, 2.75) is 6.54 Å². The summed E-state index contributed by atoms with van der Waals surface area (Å²) in [6, 6.07) is 3.56. The molecule has 142 valence electrons. The van der Waals surface area contributed by atoms with Crippen LogP contribution in [0.5, 0.6) is 0 Å². The number of rotatable bonds is 9. The van der Waals surface area contributed by atoms with Crippen LogP contribution in [0.2, 0.25) is 5.02 Å². The lowest BCUT2D eigenvalue weighted by Gasteiger charge is -2.11. The quantitative estimate of drug-likeness (QED) is 0.413. The van der Waals surface area contributed by atoms with Gasteiger partial charge in [0.25, 0.3) is 0 Å². The van der Waals surface area contributed by atoms with E-state index in [9.17, 15) is 13.6 Å². The Morgan fingerprint density at radius 1 is 1.33 bits per heavy atom. The second kappa shape index (κ2) is 9.43. The first-order valence-corrected chi connectivity index (χ1v) is 7.97. The molecule has 0 unspecified atom stereocenters. The van der Waals surface area contributed by atoms with Crippen LogP contribution in [-0.2, 0) is 11.3 Å². The van der Waals surface area contributed by atoms with Gasteiger partial charge in [-0.2, -0.15) is 4.98 Å². The number of hydrogen-bond donors (Lipinski definition) is 5. The van der Waals surface area contributed by atoms with Crippen molar-refractivity contribution in [2.24, 2.45) is 5.73 Å². The van der Waals surface area contributed by atoms with Gasteiger partial charge in [0.1, 0.15) is 16.7 Å². The molecule has 0 fully saturated rings. The number of amides is 1. The number of nitrogens with two attached hydrogens (primary N) is 1. The number of hydrogen-bond acceptors (Lipinski definition) is 7. The Bertz CT molecular complexity index is 856. The maximum Gasteiger partial charge on any atom is 0.236 e. The fourth-order valence-electron chi connectivity index (χ4n) is 1.93. The van der Waals surface area contributed by atoms with Crippen molar-refractivity contribution in [1.82, 2.24) is 15.3 Å². The third-order valence-electron chi connectivity index (χ3n) is 3.18. The first-order chi connectivity index (χ1) is 12.9. The SMILES string of the molecule is N=C/C(=C\NCC(N)=O)Nc1ncc(Cl)c(NCc2c(F)cccc2F)n1. The predicted molar refractivity (Wildman–Crippen MR) is 98.4 cm³/mol. The van der Waals surface area contributed by atoms with Gasteiger partial charge in [-0.1, -0.05) is 17.7 Å². The summed E-state index contributed by atoms with van der Waals surface area (Å²) in [6.07, 6.45) is 3.60. The molecule has 2 rings (SSSR count). The van der Waals surface area contributed by atoms with Crippen LogP contribution in [0.4, 0.5) is 20.5 Å². The number of nitrogens with one attached hydrogen (secondary N) is 4. The molecule has 0 aliphatic rings. The Morgan fingerprint density at radius 3 is 2.67 bits per heavy atom. The molecular formula is C16H16ClF2N7O. The van der Waals surface area contributed by atoms with E-state index in [-0.39, 0.29) is 41.1 Å². The van der Waals surface area contributed by atoms with Gasteiger partial charge in [-0.25, -0.2) is 13.8 Å². The van der Waals surface area contributed by atoms with Crippen LogP contribution in [0.25, 0.3) is 0 Å². The number of allylic oxidation sites excluding steroid dienone is 1. The summed E-state index contributed by atoms with van der Waals surface area (Å²) in [6.45, 7) is -0.288. The van der Waals surface area contributed by atoms with Gasteiger partial charge in [-0.15, -0.1) is 0 Å². The molecule has 6 N–H and O–H groups in total. The largest absolute Gasteiger partial charge is 0.380 e. The molecule has 2 aromatic rings. The molecule has 8 nitrogen and oxygen atoms in total. The number of nitrogens with zero attached hydrogens (tertiary/aromatic N) is 2. The third kappa shape index (κ3) is 5.89. The van der Waals surface area contributed by atoms with Gasteiger partial charge in [-0.3, -0.25) is 4.79 Å². The van der Waals surface area contributed by atoms with E-state index in [1.54, 1.807) is 0 Å². The summed E-state index contributed by atoms with van der Waals surface area (Å²) in [5, 5.41) is 15.6. The first kappa shape index (κ1) is 20.0. The maximum absolute atomic E-state index is 13.7. The molecule has 0 saturated carbocycles. The zero-order valence-electron chi connectivity index (χ0n) is 13.9. The molecular weight excluding hydrogens is 380 g/mol. The lowest BCUT2D eigenvalue weighted by atomic mass is 10.2. The normalized spacial score (nSPS) is 11.0. The number of halogens is 3. The molecule has 27 heavy (non-hydrogen) atoms. The van der Waals surface area contributed by atoms with Crippen LogP contribution < -0.4 is 21.7 Å². The monoisotopic (exact) mass is 395 g/mol. The van der Waals surface area contributed by atoms with Crippen molar-refractivity contribution < 1.29 is 13.6 Å². The van der Waals surface area contributed by atoms with Crippen molar-refractivity contribution in [2.75, 3.05) is 17.2 Å². The zero-order valence-corrected chi connectivity index (χ0v) is 14.6. The molecule has 0 aliphatic heterocycles. The van der Waals surface area contributed by atoms with E-state index in [4.69, 9.17) is 22.7 Å². The highest BCUT2D eigenvalue weighted by Gasteiger charge is 2.11. The van der Waals surface area contributed by atoms with E-state index in [0.717, 1.165) is 18.3 Å². The van der Waals surface area contributed by atoms with Crippen LogP contribution in [-0.4, -0.2) is 28.6 Å². The Kier molecular flexibility index (Phi) is 7.00. The minimum absolute atomic E-state index is 0.0755. The van der Waals surface area contributed by atoms with Gasteiger partial charge in [0, 0.05) is 24.5 Å². The summed E-state index contributed by atoms with van der Waals surface area (Å²) < 4.78 is 27.4. The molecule has 1 amide bonds. The minimum atomic E-state index is -0.694. The fraction of sp³-hybridized carbons (Fsp3) is 0.125. The molecule has 0 saturated heterocycles. The van der Waals surface area contributed by atoms with Gasteiger partial charge in [0.2, 0.25) is 11.9 Å². The molecule has 1 heterocycles. The maximum atomic E-state index is 13.7. The minimum Gasteiger partial charge on any atom is -0.380 e. The molecule has 0 atom stereocenters. The van der Waals surface area contributed by atoms with E-state index >= 15 is 0 Å². The Hall–Kier alpha value is -3.27. The van der Waals surface area contributed by atoms with Crippen LogP contribution in [0, 0.1) is 17.0 Å². The molecule has 0 aliphatic carbocycles. The van der Waals surface area contributed by atoms with Crippen molar-refractivity contribution in [1.29, 1.82) is 5.41 Å². The van der Waals surface area contributed by atoms with E-state index in [0.29, 0.717) is 0 Å². The molecule has 1 aromatic carbocycles. The van der Waals surface area contributed by atoms with Crippen molar-refractivity contribution in [3.63, 3.8) is 0 Å². The zero-order chi connectivity index (χ0) is 19.8. The number of carbonyl (C=O) groups is 1. The van der Waals surface area contributed by atoms with Crippen molar-refractivity contribution >= 4 is 35.5 Å². The smallest absolute Gasteiger partial charge is 0.236 e. The van der Waals surface area contributed by atoms with Crippen LogP contribution >= 0.6 is 11.6 Å². The van der Waals surface area contributed by atoms with Crippen LogP contribution in [0.15, 0.2) is 36.3 Å². The molecule has 11 heteroatoms. The van der Waals surface area contributed by atoms with E-state index in [1.807, 2.05) is 0 Å². The number of benzene rings is 1. The summed E-state index contributed by atoms with van der Waals surface area (Å²) in [5.74, 6) is -1.73. The third-order valence-corrected chi connectivity index (χ3v) is 3.46. The van der Waals surface area contributed by atoms with E-state index < -0.39 is 17.5 Å². The van der Waals surface area contributed by atoms with E-state index in [2.05, 4.69) is 25.9 Å². The average molecular weight is 396 g/mol. The Morgan fingerprint density at radius 2 is 2.04 bits per heavy atom. The van der Waals surface area contributed by atoms with Gasteiger partial charge < -0.3 is 27.1 Å². The van der Waals surface area contributed by atoms with Crippen molar-refractivity contribution in [3.8, 4) is 0 Å². The summed E-state index contributed by atoms with van der Waals surface area (Å²) in [4.78, 5) is 18.8. The number of carbonyl (C=O) groups excluding carboxylic acids is 1. The molecule has 0 spiro atoms. The van der Waals surface area contributed by atoms with Crippen LogP contribution in [0.3, 0.4) is 0 Å². The highest BCUT2D eigenvalue weighted by Crippen LogP contribution is 2.21. The fourth-order valence-corrected chi connectivity index (χ4v) is 2.09. The van der Waals surface area contributed by atoms with Gasteiger partial charge >= 0.3 is 0 Å². The van der Waals surface area contributed by atoms with Crippen molar-refractivity contribution in [3.05, 3.63) is 58.5 Å². The lowest BCUT2D eigenvalue weighted by Crippen LogP contribution is -2.25. The standard InChI is InChI=1S/C16H16ClF2N7O/c17-11-7-24-16(25-9(4-20)5-22-8-14(21)27)26-15(11)23-6-10-12(18)2-1-3-13(10)19/h1-5,7,20,22H,6,8H2,(H2,21,27)(H2,23,24,25,26)/b9-5+,20-4?. The highest BCUT2D eigenvalue weighted by atomic mass is 35.5. The summed E-state index contributed by atoms with van der Waals surface area (Å²) >= 11 is 6.00. The topological polar surface area (TPSA) is 129 Å². The number of anilines is 2. The predicted octanol–water partition coefficient (Wildman–Crippen LogP) is 2.00. The Labute approximate surface area is 158 Å². The molecule has 0 bridgehead atoms. The Balaban J connectivity index is 2.11. The second-order valence-corrected chi connectivity index (χ2v) is 5.57. The molecule has 0 radical (unpaired) electrons. The average Bonchev–Trinajstić information content (AvgIpc) is 2.62. The number of primary amides is 1. The van der Waals surface area contributed by atoms with Gasteiger partial charge in [0.05, 0.1) is 18.4 Å². The molecule has 1 aromatic heterocycles. The number of aromatic nitrogens is 2. The lowest BCUT2D eigenvalue weighted by molar-refractivity contribution is -0.117. The van der Waals surface area contributed by atoms with Gasteiger partial charge in [0.15, 0.2) is 5.82 Å². The summed E-state index contributed by atoms with van der Waals surface area (Å²) in [7, 11) is 0. The van der Waals surface area contributed by atoms with E-state index in [1.165, 1.54) is 18.5 Å².